The molecule has 0 amide bonds. The van der Waals surface area contributed by atoms with Gasteiger partial charge in [-0.05, 0) is 18.6 Å². The molecule has 0 atom stereocenters. The number of nitroso groups, excluding NO2 is 1. The van der Waals surface area contributed by atoms with Gasteiger partial charge in [0.1, 0.15) is 0 Å². The molecule has 0 aliphatic rings. The molecule has 3 nitrogen and oxygen atoms in total. The van der Waals surface area contributed by atoms with Crippen LogP contribution in [0.1, 0.15) is 6.92 Å². The van der Waals surface area contributed by atoms with Gasteiger partial charge in [-0.3, -0.25) is 0 Å². The van der Waals surface area contributed by atoms with Crippen molar-refractivity contribution in [2.24, 2.45) is 5.18 Å². The van der Waals surface area contributed by atoms with Crippen LogP contribution in [-0.2, 0) is 0 Å². The van der Waals surface area contributed by atoms with Crippen molar-refractivity contribution in [1.29, 1.82) is 0 Å². The monoisotopic (exact) mass is 248 g/mol. The fraction of sp³-hybridized carbons (Fsp3) is 0.455. The van der Waals surface area contributed by atoms with Gasteiger partial charge in [0.05, 0.1) is 12.1 Å². The summed E-state index contributed by atoms with van der Waals surface area (Å²) in [7, 11) is 1.54. The Bertz CT molecular complexity index is 345. The van der Waals surface area contributed by atoms with E-state index in [1.807, 2.05) is 0 Å². The summed E-state index contributed by atoms with van der Waals surface area (Å²) >= 11 is 0. The Balaban J connectivity index is 4.89. The second-order valence-corrected chi connectivity index (χ2v) is 3.60. The van der Waals surface area contributed by atoms with Gasteiger partial charge in [-0.1, -0.05) is 18.3 Å². The third-order valence-electron chi connectivity index (χ3n) is 2.09. The van der Waals surface area contributed by atoms with Gasteiger partial charge in [0, 0.05) is 19.3 Å². The van der Waals surface area contributed by atoms with Crippen LogP contribution in [0.2, 0.25) is 0 Å². The molecule has 0 aliphatic heterocycles. The van der Waals surface area contributed by atoms with Crippen molar-refractivity contribution in [2.75, 3.05) is 20.1 Å². The van der Waals surface area contributed by atoms with Gasteiger partial charge in [-0.25, -0.2) is 0 Å². The van der Waals surface area contributed by atoms with E-state index in [1.165, 1.54) is 18.9 Å². The minimum atomic E-state index is -4.46. The first-order valence-corrected chi connectivity index (χ1v) is 4.84. The number of hydrogen-bond acceptors (Lipinski definition) is 3. The molecule has 0 rings (SSSR count). The highest BCUT2D eigenvalue weighted by molar-refractivity contribution is 5.36. The molecule has 6 heteroatoms. The lowest BCUT2D eigenvalue weighted by Crippen LogP contribution is -2.21. The Kier molecular flexibility index (Phi) is 5.64. The first-order chi connectivity index (χ1) is 7.70. The van der Waals surface area contributed by atoms with E-state index in [4.69, 9.17) is 0 Å². The van der Waals surface area contributed by atoms with E-state index in [9.17, 15) is 18.1 Å². The average molecular weight is 248 g/mol. The number of halogens is 3. The lowest BCUT2D eigenvalue weighted by Gasteiger charge is -2.20. The number of hydrogen-bond donors (Lipinski definition) is 0. The van der Waals surface area contributed by atoms with Gasteiger partial charge in [-0.2, -0.15) is 18.1 Å². The molecule has 0 saturated heterocycles. The van der Waals surface area contributed by atoms with Crippen LogP contribution in [0.3, 0.4) is 0 Å². The van der Waals surface area contributed by atoms with Gasteiger partial charge in [0.25, 0.3) is 0 Å². The van der Waals surface area contributed by atoms with Crippen molar-refractivity contribution < 1.29 is 13.2 Å². The smallest absolute Gasteiger partial charge is 0.373 e. The molecule has 0 radical (unpaired) electrons. The van der Waals surface area contributed by atoms with Crippen molar-refractivity contribution in [3.05, 3.63) is 41.0 Å². The predicted octanol–water partition coefficient (Wildman–Crippen LogP) is 3.26. The number of allylic oxidation sites excluding steroid dienone is 3. The van der Waals surface area contributed by atoms with Gasteiger partial charge >= 0.3 is 6.18 Å². The Morgan fingerprint density at radius 3 is 2.29 bits per heavy atom. The standard InChI is InChI=1S/C11H15F3N2O/c1-8(2)10(11(12,13)14)7-9(3)16(4)6-5-15-17/h7H,1,3,5-6H2,2,4H3/b10-7+. The van der Waals surface area contributed by atoms with Crippen LogP contribution in [0.4, 0.5) is 13.2 Å². The second-order valence-electron chi connectivity index (χ2n) is 3.60. The molecule has 17 heavy (non-hydrogen) atoms. The molecule has 0 heterocycles. The van der Waals surface area contributed by atoms with E-state index in [1.54, 1.807) is 0 Å². The Labute approximate surface area is 98.3 Å². The lowest BCUT2D eigenvalue weighted by atomic mass is 10.1. The fourth-order valence-electron chi connectivity index (χ4n) is 1.06. The molecule has 0 bridgehead atoms. The zero-order valence-electron chi connectivity index (χ0n) is 9.84. The largest absolute Gasteiger partial charge is 0.416 e. The lowest BCUT2D eigenvalue weighted by molar-refractivity contribution is -0.0893. The van der Waals surface area contributed by atoms with E-state index in [2.05, 4.69) is 18.3 Å². The predicted molar refractivity (Wildman–Crippen MR) is 61.4 cm³/mol. The molecule has 0 aliphatic carbocycles. The van der Waals surface area contributed by atoms with Gasteiger partial charge in [-0.15, -0.1) is 0 Å². The van der Waals surface area contributed by atoms with E-state index in [-0.39, 0.29) is 24.4 Å². The van der Waals surface area contributed by atoms with Crippen molar-refractivity contribution in [3.63, 3.8) is 0 Å². The SMILES string of the molecule is C=C(C)/C(=C\C(=C)N(C)CCN=O)C(F)(F)F. The molecular formula is C11H15F3N2O. The number of rotatable bonds is 6. The van der Waals surface area contributed by atoms with Crippen LogP contribution in [0.5, 0.6) is 0 Å². The number of alkyl halides is 3. The van der Waals surface area contributed by atoms with Crippen LogP contribution in [0.15, 0.2) is 41.3 Å². The van der Waals surface area contributed by atoms with Crippen molar-refractivity contribution in [1.82, 2.24) is 4.90 Å². The van der Waals surface area contributed by atoms with Crippen LogP contribution >= 0.6 is 0 Å². The maximum Gasteiger partial charge on any atom is 0.416 e. The van der Waals surface area contributed by atoms with Crippen molar-refractivity contribution in [3.8, 4) is 0 Å². The number of likely N-dealkylation sites (N-methyl/N-ethyl adjacent to an activating group) is 1. The Morgan fingerprint density at radius 1 is 1.41 bits per heavy atom. The summed E-state index contributed by atoms with van der Waals surface area (Å²) in [5.74, 6) is 0. The second kappa shape index (κ2) is 6.22. The van der Waals surface area contributed by atoms with Gasteiger partial charge < -0.3 is 4.90 Å². The molecular weight excluding hydrogens is 233 g/mol. The minimum absolute atomic E-state index is 0.00220. The highest BCUT2D eigenvalue weighted by Gasteiger charge is 2.34. The van der Waals surface area contributed by atoms with E-state index >= 15 is 0 Å². The van der Waals surface area contributed by atoms with Crippen LogP contribution in [0.25, 0.3) is 0 Å². The molecule has 0 fully saturated rings. The first-order valence-electron chi connectivity index (χ1n) is 4.84. The molecule has 0 aromatic heterocycles. The highest BCUT2D eigenvalue weighted by atomic mass is 19.4. The molecule has 0 aromatic rings. The quantitative estimate of drug-likeness (QED) is 0.534. The summed E-state index contributed by atoms with van der Waals surface area (Å²) in [4.78, 5) is 11.3. The van der Waals surface area contributed by atoms with E-state index < -0.39 is 11.7 Å². The third-order valence-corrected chi connectivity index (χ3v) is 2.09. The zero-order valence-corrected chi connectivity index (χ0v) is 9.84. The summed E-state index contributed by atoms with van der Waals surface area (Å²) in [6, 6.07) is 0. The van der Waals surface area contributed by atoms with Crippen LogP contribution in [0, 0.1) is 4.91 Å². The molecule has 96 valence electrons. The molecule has 0 unspecified atom stereocenters. The topological polar surface area (TPSA) is 32.7 Å². The Morgan fingerprint density at radius 2 is 1.94 bits per heavy atom. The molecule has 0 aromatic carbocycles. The Hall–Kier alpha value is -1.59. The van der Waals surface area contributed by atoms with Crippen LogP contribution < -0.4 is 0 Å². The molecule has 0 N–H and O–H groups in total. The van der Waals surface area contributed by atoms with Crippen molar-refractivity contribution in [2.45, 2.75) is 13.1 Å². The number of nitrogens with zero attached hydrogens (tertiary/aromatic N) is 2. The fourth-order valence-corrected chi connectivity index (χ4v) is 1.06. The first kappa shape index (κ1) is 15.4. The van der Waals surface area contributed by atoms with Crippen LogP contribution in [-0.4, -0.2) is 31.2 Å². The van der Waals surface area contributed by atoms with E-state index in [0.29, 0.717) is 0 Å². The third kappa shape index (κ3) is 5.33. The minimum Gasteiger partial charge on any atom is -0.373 e. The average Bonchev–Trinajstić information content (AvgIpc) is 2.19. The summed E-state index contributed by atoms with van der Waals surface area (Å²) in [5, 5.41) is 2.63. The maximum absolute atomic E-state index is 12.6. The summed E-state index contributed by atoms with van der Waals surface area (Å²) < 4.78 is 37.8. The molecule has 0 saturated carbocycles. The summed E-state index contributed by atoms with van der Waals surface area (Å²) in [6.07, 6.45) is -3.55. The zero-order chi connectivity index (χ0) is 13.6. The normalized spacial score (nSPS) is 12.2. The summed E-state index contributed by atoms with van der Waals surface area (Å²) in [6.45, 7) is 8.29. The summed E-state index contributed by atoms with van der Waals surface area (Å²) in [5.41, 5.74) is -0.752. The molecule has 0 spiro atoms. The van der Waals surface area contributed by atoms with Gasteiger partial charge in [0.2, 0.25) is 0 Å². The maximum atomic E-state index is 12.6. The van der Waals surface area contributed by atoms with Gasteiger partial charge in [0.15, 0.2) is 0 Å². The highest BCUT2D eigenvalue weighted by Crippen LogP contribution is 2.31. The van der Waals surface area contributed by atoms with E-state index in [0.717, 1.165) is 6.08 Å². The van der Waals surface area contributed by atoms with Crippen molar-refractivity contribution >= 4 is 0 Å².